The minimum Gasteiger partial charge on any atom is -0.454 e. The SMILES string of the molecule is O=C(C[N+]12CCC(CC1)[C@@H](OC(=O)C(Nc1ccccc1)c1ccccc1)C2)c1ccccc1. The summed E-state index contributed by atoms with van der Waals surface area (Å²) in [5.41, 5.74) is 2.51. The lowest BCUT2D eigenvalue weighted by molar-refractivity contribution is -0.938. The van der Waals surface area contributed by atoms with Crippen LogP contribution in [0.1, 0.15) is 34.8 Å². The Morgan fingerprint density at radius 1 is 0.853 bits per heavy atom. The van der Waals surface area contributed by atoms with Crippen molar-refractivity contribution in [2.24, 2.45) is 5.92 Å². The monoisotopic (exact) mass is 455 g/mol. The van der Waals surface area contributed by atoms with Crippen LogP contribution in [0, 0.1) is 5.92 Å². The van der Waals surface area contributed by atoms with Gasteiger partial charge in [0.1, 0.15) is 13.1 Å². The average molecular weight is 456 g/mol. The molecule has 0 amide bonds. The van der Waals surface area contributed by atoms with Crippen molar-refractivity contribution in [2.45, 2.75) is 25.0 Å². The van der Waals surface area contributed by atoms with Crippen LogP contribution in [0.4, 0.5) is 5.69 Å². The van der Waals surface area contributed by atoms with Gasteiger partial charge in [0.2, 0.25) is 5.78 Å². The minimum absolute atomic E-state index is 0.164. The highest BCUT2D eigenvalue weighted by Gasteiger charge is 2.49. The number of Topliss-reactive ketones (excluding diaryl/α,β-unsaturated/α-hetero) is 1. The highest BCUT2D eigenvalue weighted by Crippen LogP contribution is 2.36. The Morgan fingerprint density at radius 2 is 1.44 bits per heavy atom. The number of anilines is 1. The minimum atomic E-state index is -0.585. The summed E-state index contributed by atoms with van der Waals surface area (Å²) >= 11 is 0. The number of carbonyl (C=O) groups excluding carboxylic acids is 2. The van der Waals surface area contributed by atoms with E-state index >= 15 is 0 Å². The smallest absolute Gasteiger partial charge is 0.333 e. The van der Waals surface area contributed by atoms with Crippen molar-refractivity contribution in [3.8, 4) is 0 Å². The molecule has 0 radical (unpaired) electrons. The van der Waals surface area contributed by atoms with Gasteiger partial charge in [-0.2, -0.15) is 0 Å². The fourth-order valence-electron chi connectivity index (χ4n) is 5.44. The fourth-order valence-corrected chi connectivity index (χ4v) is 5.44. The van der Waals surface area contributed by atoms with Crippen LogP contribution < -0.4 is 5.32 Å². The molecule has 6 rings (SSSR count). The van der Waals surface area contributed by atoms with Gasteiger partial charge in [-0.15, -0.1) is 0 Å². The quantitative estimate of drug-likeness (QED) is 0.299. The van der Waals surface area contributed by atoms with Crippen molar-refractivity contribution in [3.63, 3.8) is 0 Å². The van der Waals surface area contributed by atoms with Crippen molar-refractivity contribution in [1.29, 1.82) is 0 Å². The maximum absolute atomic E-state index is 13.5. The number of ketones is 1. The van der Waals surface area contributed by atoms with Gasteiger partial charge in [-0.1, -0.05) is 78.9 Å². The maximum Gasteiger partial charge on any atom is 0.333 e. The number of ether oxygens (including phenoxy) is 1. The lowest BCUT2D eigenvalue weighted by atomic mass is 9.82. The molecule has 1 unspecified atom stereocenters. The van der Waals surface area contributed by atoms with E-state index in [9.17, 15) is 9.59 Å². The van der Waals surface area contributed by atoms with Crippen molar-refractivity contribution in [1.82, 2.24) is 0 Å². The number of nitrogens with zero attached hydrogens (tertiary/aromatic N) is 1. The third kappa shape index (κ3) is 4.90. The Hall–Kier alpha value is -3.44. The zero-order valence-corrected chi connectivity index (χ0v) is 19.3. The Kier molecular flexibility index (Phi) is 6.45. The van der Waals surface area contributed by atoms with Gasteiger partial charge in [-0.25, -0.2) is 4.79 Å². The number of esters is 1. The van der Waals surface area contributed by atoms with Crippen molar-refractivity contribution in [2.75, 3.05) is 31.5 Å². The Bertz CT molecular complexity index is 1110. The first-order valence-corrected chi connectivity index (χ1v) is 12.1. The van der Waals surface area contributed by atoms with Gasteiger partial charge in [0.15, 0.2) is 12.1 Å². The molecule has 2 bridgehead atoms. The molecule has 34 heavy (non-hydrogen) atoms. The van der Waals surface area contributed by atoms with Gasteiger partial charge in [0, 0.05) is 30.0 Å². The van der Waals surface area contributed by atoms with E-state index in [0.717, 1.165) is 42.7 Å². The van der Waals surface area contributed by atoms with Crippen molar-refractivity contribution in [3.05, 3.63) is 102 Å². The first-order valence-electron chi connectivity index (χ1n) is 12.1. The molecule has 3 fully saturated rings. The molecule has 3 aromatic rings. The number of fused-ring (bicyclic) bond motifs is 3. The van der Waals surface area contributed by atoms with E-state index in [1.165, 1.54) is 0 Å². The molecule has 3 heterocycles. The van der Waals surface area contributed by atoms with Crippen molar-refractivity contribution >= 4 is 17.4 Å². The number of quaternary nitrogens is 1. The summed E-state index contributed by atoms with van der Waals surface area (Å²) in [4.78, 5) is 26.5. The lowest BCUT2D eigenvalue weighted by Crippen LogP contribution is -2.65. The van der Waals surface area contributed by atoms with E-state index in [-0.39, 0.29) is 17.9 Å². The molecule has 2 atom stereocenters. The molecule has 1 N–H and O–H groups in total. The first kappa shape index (κ1) is 22.4. The number of nitrogens with one attached hydrogen (secondary N) is 1. The molecule has 174 valence electrons. The van der Waals surface area contributed by atoms with Crippen LogP contribution >= 0.6 is 0 Å². The second-order valence-electron chi connectivity index (χ2n) is 9.59. The van der Waals surface area contributed by atoms with Crippen LogP contribution in [-0.2, 0) is 9.53 Å². The maximum atomic E-state index is 13.5. The summed E-state index contributed by atoms with van der Waals surface area (Å²) in [6.07, 6.45) is 1.81. The van der Waals surface area contributed by atoms with E-state index in [1.54, 1.807) is 0 Å². The molecule has 0 spiro atoms. The summed E-state index contributed by atoms with van der Waals surface area (Å²) in [5, 5.41) is 3.36. The number of benzene rings is 3. The van der Waals surface area contributed by atoms with Crippen LogP contribution in [-0.4, -0.2) is 48.5 Å². The molecule has 3 aromatic carbocycles. The zero-order valence-electron chi connectivity index (χ0n) is 19.3. The van der Waals surface area contributed by atoms with E-state index in [1.807, 2.05) is 91.0 Å². The number of para-hydroxylation sites is 1. The standard InChI is InChI=1S/C29H31N2O3/c32-26(22-10-4-1-5-11-22)20-31-18-16-23(17-19-31)27(21-31)34-29(33)28(24-12-6-2-7-13-24)30-25-14-8-3-9-15-25/h1-15,23,27-28,30H,16-21H2/q+1/t23?,27-,28?,31?/m0/s1. The summed E-state index contributed by atoms with van der Waals surface area (Å²) in [6, 6.07) is 28.4. The largest absolute Gasteiger partial charge is 0.454 e. The van der Waals surface area contributed by atoms with Gasteiger partial charge in [-0.05, 0) is 17.7 Å². The van der Waals surface area contributed by atoms with Crippen LogP contribution in [0.3, 0.4) is 0 Å². The van der Waals surface area contributed by atoms with Gasteiger partial charge in [-0.3, -0.25) is 4.79 Å². The van der Waals surface area contributed by atoms with Gasteiger partial charge in [0.05, 0.1) is 13.1 Å². The number of hydrogen-bond acceptors (Lipinski definition) is 4. The first-order chi connectivity index (χ1) is 16.6. The number of piperidine rings is 3. The van der Waals surface area contributed by atoms with Crippen molar-refractivity contribution < 1.29 is 18.8 Å². The molecule has 0 saturated carbocycles. The predicted molar refractivity (Wildman–Crippen MR) is 132 cm³/mol. The number of rotatable bonds is 8. The molecule has 5 heteroatoms. The lowest BCUT2D eigenvalue weighted by Gasteiger charge is -2.51. The van der Waals surface area contributed by atoms with Crippen LogP contribution in [0.25, 0.3) is 0 Å². The van der Waals surface area contributed by atoms with Gasteiger partial charge < -0.3 is 14.5 Å². The molecule has 0 aromatic heterocycles. The molecule has 0 aliphatic carbocycles. The van der Waals surface area contributed by atoms with Crippen LogP contribution in [0.15, 0.2) is 91.0 Å². The molecular formula is C29H31N2O3+. The number of carbonyl (C=O) groups is 2. The third-order valence-corrected chi connectivity index (χ3v) is 7.34. The Morgan fingerprint density at radius 3 is 2.09 bits per heavy atom. The average Bonchev–Trinajstić information content (AvgIpc) is 2.89. The van der Waals surface area contributed by atoms with E-state index in [0.29, 0.717) is 23.5 Å². The Balaban J connectivity index is 1.31. The molecule has 3 aliphatic heterocycles. The highest BCUT2D eigenvalue weighted by atomic mass is 16.5. The third-order valence-electron chi connectivity index (χ3n) is 7.34. The topological polar surface area (TPSA) is 55.4 Å². The highest BCUT2D eigenvalue weighted by molar-refractivity contribution is 5.97. The van der Waals surface area contributed by atoms with Gasteiger partial charge >= 0.3 is 5.97 Å². The normalized spacial score (nSPS) is 24.2. The summed E-state index contributed by atoms with van der Waals surface area (Å²) in [6.45, 7) is 3.13. The van der Waals surface area contributed by atoms with E-state index in [2.05, 4.69) is 5.32 Å². The molecule has 3 aliphatic rings. The van der Waals surface area contributed by atoms with E-state index in [4.69, 9.17) is 4.74 Å². The molecular weight excluding hydrogens is 424 g/mol. The fraction of sp³-hybridized carbons (Fsp3) is 0.310. The Labute approximate surface area is 201 Å². The zero-order chi connectivity index (χ0) is 23.4. The second-order valence-corrected chi connectivity index (χ2v) is 9.59. The summed E-state index contributed by atoms with van der Waals surface area (Å²) in [7, 11) is 0. The van der Waals surface area contributed by atoms with Crippen LogP contribution in [0.5, 0.6) is 0 Å². The van der Waals surface area contributed by atoms with Crippen LogP contribution in [0.2, 0.25) is 0 Å². The number of hydrogen-bond donors (Lipinski definition) is 1. The summed E-state index contributed by atoms with van der Waals surface area (Å²) < 4.78 is 6.91. The second kappa shape index (κ2) is 9.82. The molecule has 5 nitrogen and oxygen atoms in total. The predicted octanol–water partition coefficient (Wildman–Crippen LogP) is 4.87. The molecule has 3 saturated heterocycles. The van der Waals surface area contributed by atoms with Gasteiger partial charge in [0.25, 0.3) is 0 Å². The van der Waals surface area contributed by atoms with E-state index < -0.39 is 6.04 Å². The summed E-state index contributed by atoms with van der Waals surface area (Å²) in [5.74, 6) is 0.268.